The van der Waals surface area contributed by atoms with E-state index in [1.54, 1.807) is 32.2 Å². The molecule has 0 saturated carbocycles. The standard InChI is InChI=1S/C20H21NO3S/c1-14-12-19(24-3)10-11-20(14)25(22,23)21-15(2)17-9-8-16-6-4-5-7-18(16)13-17/h4-13,15,21H,1-3H3. The molecule has 1 atom stereocenters. The zero-order valence-electron chi connectivity index (χ0n) is 14.5. The highest BCUT2D eigenvalue weighted by atomic mass is 32.2. The van der Waals surface area contributed by atoms with E-state index in [0.717, 1.165) is 16.3 Å². The van der Waals surface area contributed by atoms with Crippen LogP contribution in [-0.2, 0) is 10.0 Å². The number of hydrogen-bond acceptors (Lipinski definition) is 3. The molecule has 0 aliphatic carbocycles. The van der Waals surface area contributed by atoms with E-state index in [1.807, 2.05) is 49.4 Å². The maximum absolute atomic E-state index is 12.7. The number of aryl methyl sites for hydroxylation is 1. The van der Waals surface area contributed by atoms with Gasteiger partial charge in [0.2, 0.25) is 10.0 Å². The van der Waals surface area contributed by atoms with Crippen molar-refractivity contribution in [2.24, 2.45) is 0 Å². The molecule has 0 saturated heterocycles. The molecule has 0 heterocycles. The number of ether oxygens (including phenoxy) is 1. The quantitative estimate of drug-likeness (QED) is 0.746. The first-order chi connectivity index (χ1) is 11.9. The number of benzene rings is 3. The molecule has 1 N–H and O–H groups in total. The molecule has 4 nitrogen and oxygen atoms in total. The summed E-state index contributed by atoms with van der Waals surface area (Å²) in [6, 6.07) is 18.6. The summed E-state index contributed by atoms with van der Waals surface area (Å²) < 4.78 is 33.4. The Morgan fingerprint density at radius 3 is 2.36 bits per heavy atom. The van der Waals surface area contributed by atoms with Crippen LogP contribution in [0.1, 0.15) is 24.1 Å². The molecule has 0 aromatic heterocycles. The van der Waals surface area contributed by atoms with Gasteiger partial charge in [-0.25, -0.2) is 13.1 Å². The summed E-state index contributed by atoms with van der Waals surface area (Å²) in [5.41, 5.74) is 1.58. The predicted molar refractivity (Wildman–Crippen MR) is 100 cm³/mol. The second-order valence-electron chi connectivity index (χ2n) is 6.08. The molecule has 130 valence electrons. The van der Waals surface area contributed by atoms with Crippen LogP contribution in [0.2, 0.25) is 0 Å². The van der Waals surface area contributed by atoms with Crippen LogP contribution in [0.5, 0.6) is 5.75 Å². The summed E-state index contributed by atoms with van der Waals surface area (Å²) in [6.07, 6.45) is 0. The maximum Gasteiger partial charge on any atom is 0.241 e. The maximum atomic E-state index is 12.7. The molecule has 0 aliphatic heterocycles. The summed E-state index contributed by atoms with van der Waals surface area (Å²) in [5, 5.41) is 2.22. The van der Waals surface area contributed by atoms with Gasteiger partial charge in [0, 0.05) is 6.04 Å². The molecule has 25 heavy (non-hydrogen) atoms. The molecule has 0 radical (unpaired) electrons. The van der Waals surface area contributed by atoms with Gasteiger partial charge < -0.3 is 4.74 Å². The second-order valence-corrected chi connectivity index (χ2v) is 7.76. The minimum atomic E-state index is -3.62. The lowest BCUT2D eigenvalue weighted by molar-refractivity contribution is 0.414. The van der Waals surface area contributed by atoms with Crippen LogP contribution >= 0.6 is 0 Å². The molecule has 3 aromatic carbocycles. The van der Waals surface area contributed by atoms with E-state index in [4.69, 9.17) is 4.74 Å². The first-order valence-electron chi connectivity index (χ1n) is 8.06. The Hall–Kier alpha value is -2.37. The lowest BCUT2D eigenvalue weighted by Gasteiger charge is -2.17. The highest BCUT2D eigenvalue weighted by Gasteiger charge is 2.20. The third-order valence-electron chi connectivity index (χ3n) is 4.28. The molecule has 0 fully saturated rings. The molecule has 0 bridgehead atoms. The summed E-state index contributed by atoms with van der Waals surface area (Å²) in [6.45, 7) is 3.61. The molecular formula is C20H21NO3S. The Bertz CT molecular complexity index is 1010. The average molecular weight is 355 g/mol. The van der Waals surface area contributed by atoms with Crippen molar-refractivity contribution in [1.29, 1.82) is 0 Å². The molecule has 5 heteroatoms. The van der Waals surface area contributed by atoms with Gasteiger partial charge in [-0.15, -0.1) is 0 Å². The topological polar surface area (TPSA) is 55.4 Å². The SMILES string of the molecule is COc1ccc(S(=O)(=O)NC(C)c2ccc3ccccc3c2)c(C)c1. The largest absolute Gasteiger partial charge is 0.497 e. The van der Waals surface area contributed by atoms with Gasteiger partial charge in [0.15, 0.2) is 0 Å². The van der Waals surface area contributed by atoms with E-state index >= 15 is 0 Å². The Morgan fingerprint density at radius 2 is 1.68 bits per heavy atom. The Balaban J connectivity index is 1.88. The van der Waals surface area contributed by atoms with Gasteiger partial charge in [0.05, 0.1) is 12.0 Å². The zero-order chi connectivity index (χ0) is 18.0. The van der Waals surface area contributed by atoms with Gasteiger partial charge >= 0.3 is 0 Å². The van der Waals surface area contributed by atoms with Crippen LogP contribution in [0.25, 0.3) is 10.8 Å². The van der Waals surface area contributed by atoms with Crippen molar-refractivity contribution in [2.75, 3.05) is 7.11 Å². The highest BCUT2D eigenvalue weighted by Crippen LogP contribution is 2.24. The van der Waals surface area contributed by atoms with Crippen molar-refractivity contribution in [3.63, 3.8) is 0 Å². The zero-order valence-corrected chi connectivity index (χ0v) is 15.3. The van der Waals surface area contributed by atoms with E-state index in [2.05, 4.69) is 4.72 Å². The molecule has 0 amide bonds. The fourth-order valence-corrected chi connectivity index (χ4v) is 4.35. The van der Waals surface area contributed by atoms with Crippen LogP contribution in [0.15, 0.2) is 65.6 Å². The van der Waals surface area contributed by atoms with Crippen molar-refractivity contribution >= 4 is 20.8 Å². The van der Waals surface area contributed by atoms with Crippen molar-refractivity contribution in [3.05, 3.63) is 71.8 Å². The van der Waals surface area contributed by atoms with E-state index < -0.39 is 10.0 Å². The van der Waals surface area contributed by atoms with Gasteiger partial charge in [-0.05, 0) is 60.0 Å². The summed E-state index contributed by atoms with van der Waals surface area (Å²) in [4.78, 5) is 0.265. The summed E-state index contributed by atoms with van der Waals surface area (Å²) in [7, 11) is -2.06. The van der Waals surface area contributed by atoms with Crippen LogP contribution in [-0.4, -0.2) is 15.5 Å². The van der Waals surface area contributed by atoms with Crippen molar-refractivity contribution in [3.8, 4) is 5.75 Å². The Labute approximate surface area is 148 Å². The van der Waals surface area contributed by atoms with E-state index in [1.165, 1.54) is 0 Å². The third-order valence-corrected chi connectivity index (χ3v) is 5.98. The van der Waals surface area contributed by atoms with Crippen LogP contribution < -0.4 is 9.46 Å². The fourth-order valence-electron chi connectivity index (χ4n) is 2.89. The normalized spacial score (nSPS) is 12.9. The molecule has 3 aromatic rings. The van der Waals surface area contributed by atoms with Crippen LogP contribution in [0, 0.1) is 6.92 Å². The Kier molecular flexibility index (Phi) is 4.79. The summed E-state index contributed by atoms with van der Waals surface area (Å²) >= 11 is 0. The lowest BCUT2D eigenvalue weighted by atomic mass is 10.0. The van der Waals surface area contributed by atoms with Gasteiger partial charge in [-0.1, -0.05) is 36.4 Å². The average Bonchev–Trinajstić information content (AvgIpc) is 2.60. The fraction of sp³-hybridized carbons (Fsp3) is 0.200. The first-order valence-corrected chi connectivity index (χ1v) is 9.55. The minimum Gasteiger partial charge on any atom is -0.497 e. The monoisotopic (exact) mass is 355 g/mol. The predicted octanol–water partition coefficient (Wildman–Crippen LogP) is 4.20. The smallest absolute Gasteiger partial charge is 0.241 e. The Morgan fingerprint density at radius 1 is 0.960 bits per heavy atom. The van der Waals surface area contributed by atoms with Crippen molar-refractivity contribution < 1.29 is 13.2 Å². The number of rotatable bonds is 5. The van der Waals surface area contributed by atoms with E-state index in [0.29, 0.717) is 11.3 Å². The number of sulfonamides is 1. The lowest BCUT2D eigenvalue weighted by Crippen LogP contribution is -2.27. The van der Waals surface area contributed by atoms with E-state index in [-0.39, 0.29) is 10.9 Å². The number of methoxy groups -OCH3 is 1. The van der Waals surface area contributed by atoms with Gasteiger partial charge in [0.1, 0.15) is 5.75 Å². The van der Waals surface area contributed by atoms with E-state index in [9.17, 15) is 8.42 Å². The number of hydrogen-bond donors (Lipinski definition) is 1. The van der Waals surface area contributed by atoms with Crippen LogP contribution in [0.3, 0.4) is 0 Å². The second kappa shape index (κ2) is 6.86. The summed E-state index contributed by atoms with van der Waals surface area (Å²) in [5.74, 6) is 0.638. The molecule has 0 aliphatic rings. The first kappa shape index (κ1) is 17.5. The van der Waals surface area contributed by atoms with Gasteiger partial charge in [0.25, 0.3) is 0 Å². The molecular weight excluding hydrogens is 334 g/mol. The minimum absolute atomic E-state index is 0.265. The van der Waals surface area contributed by atoms with Gasteiger partial charge in [-0.3, -0.25) is 0 Å². The molecule has 1 unspecified atom stereocenters. The number of fused-ring (bicyclic) bond motifs is 1. The van der Waals surface area contributed by atoms with Gasteiger partial charge in [-0.2, -0.15) is 0 Å². The number of nitrogens with one attached hydrogen (secondary N) is 1. The molecule has 3 rings (SSSR count). The third kappa shape index (κ3) is 3.67. The molecule has 0 spiro atoms. The van der Waals surface area contributed by atoms with Crippen LogP contribution in [0.4, 0.5) is 0 Å². The van der Waals surface area contributed by atoms with Crippen molar-refractivity contribution in [1.82, 2.24) is 4.72 Å². The highest BCUT2D eigenvalue weighted by molar-refractivity contribution is 7.89. The van der Waals surface area contributed by atoms with Crippen molar-refractivity contribution in [2.45, 2.75) is 24.8 Å².